The largest absolute Gasteiger partial charge is 0.863 e. The molecule has 0 aliphatic carbocycles. The monoisotopic (exact) mass is 566 g/mol. The molecular formula is C27H26N4O10. The number of hydrogen-bond donors (Lipinski definition) is 1. The molecule has 3 rings (SSSR count). The van der Waals surface area contributed by atoms with E-state index in [0.29, 0.717) is 36.4 Å². The maximum Gasteiger partial charge on any atom is 0.348 e. The van der Waals surface area contributed by atoms with Crippen LogP contribution in [0.5, 0.6) is 5.75 Å². The van der Waals surface area contributed by atoms with E-state index in [1.54, 1.807) is 0 Å². The lowest BCUT2D eigenvalue weighted by Crippen LogP contribution is -3.06. The summed E-state index contributed by atoms with van der Waals surface area (Å²) < 4.78 is 11.5. The fourth-order valence-corrected chi connectivity index (χ4v) is 3.53. The Morgan fingerprint density at radius 1 is 0.878 bits per heavy atom. The first kappa shape index (κ1) is 31.8. The van der Waals surface area contributed by atoms with Crippen LogP contribution in [0.3, 0.4) is 0 Å². The van der Waals surface area contributed by atoms with Crippen molar-refractivity contribution in [3.8, 4) is 18.1 Å². The number of ether oxygens (including phenoxy) is 2. The Bertz CT molecular complexity index is 1350. The van der Waals surface area contributed by atoms with Crippen molar-refractivity contribution in [1.29, 1.82) is 0 Å². The van der Waals surface area contributed by atoms with Crippen LogP contribution in [0.2, 0.25) is 0 Å². The first-order valence-electron chi connectivity index (χ1n) is 11.9. The van der Waals surface area contributed by atoms with Crippen molar-refractivity contribution in [2.75, 3.05) is 33.9 Å². The van der Waals surface area contributed by atoms with E-state index in [4.69, 9.17) is 15.9 Å². The van der Waals surface area contributed by atoms with Gasteiger partial charge in [-0.25, -0.2) is 4.79 Å². The Hall–Kier alpha value is -5.39. The number of nitro groups is 3. The zero-order valence-corrected chi connectivity index (χ0v) is 22.1. The number of likely N-dealkylation sites (N-methyl/N-ethyl adjacent to an activating group) is 1. The molecule has 0 atom stereocenters. The molecule has 14 nitrogen and oxygen atoms in total. The molecule has 0 fully saturated rings. The molecule has 14 heteroatoms. The Morgan fingerprint density at radius 2 is 1.34 bits per heavy atom. The molecule has 3 aromatic carbocycles. The summed E-state index contributed by atoms with van der Waals surface area (Å²) in [5, 5.41) is 42.1. The normalized spacial score (nSPS) is 10.6. The van der Waals surface area contributed by atoms with E-state index in [-0.39, 0.29) is 6.61 Å². The van der Waals surface area contributed by atoms with E-state index in [1.165, 1.54) is 4.90 Å². The minimum absolute atomic E-state index is 0.00216. The van der Waals surface area contributed by atoms with Crippen molar-refractivity contribution in [1.82, 2.24) is 0 Å². The van der Waals surface area contributed by atoms with Gasteiger partial charge in [0.25, 0.3) is 17.1 Å². The average molecular weight is 567 g/mol. The van der Waals surface area contributed by atoms with Gasteiger partial charge in [-0.05, 0) is 11.1 Å². The third-order valence-corrected chi connectivity index (χ3v) is 5.49. The zero-order chi connectivity index (χ0) is 30.6. The topological polar surface area (TPSA) is 192 Å². The number of quaternary nitrogens is 1. The molecule has 0 bridgehead atoms. The second kappa shape index (κ2) is 14.7. The molecule has 0 aliphatic rings. The van der Waals surface area contributed by atoms with Crippen molar-refractivity contribution in [2.24, 2.45) is 0 Å². The highest BCUT2D eigenvalue weighted by atomic mass is 16.6. The Kier molecular flexibility index (Phi) is 11.4. The van der Waals surface area contributed by atoms with E-state index in [2.05, 4.69) is 5.92 Å². The molecule has 0 amide bonds. The maximum atomic E-state index is 13.1. The Labute approximate surface area is 234 Å². The molecule has 1 N–H and O–H groups in total. The Balaban J connectivity index is 0.000000317. The van der Waals surface area contributed by atoms with Gasteiger partial charge in [0, 0.05) is 0 Å². The van der Waals surface area contributed by atoms with Gasteiger partial charge in [0.05, 0.1) is 46.7 Å². The highest BCUT2D eigenvalue weighted by Crippen LogP contribution is 2.37. The standard InChI is InChI=1S/C21H23NO3.C6H3N3O7/c1-4-16-25-21(18-11-7-5-8-12-18,19-13-9-6-10-14-19)20(23)24-17-15-22(2)3;10-6-4(8(13)14)1-3(7(11)12)2-5(6)9(15)16/h1,5-14H,15-17H2,2-3H3;1-2,10H. The summed E-state index contributed by atoms with van der Waals surface area (Å²) >= 11 is 0. The third-order valence-electron chi connectivity index (χ3n) is 5.49. The van der Waals surface area contributed by atoms with Crippen molar-refractivity contribution < 1.29 is 39.0 Å². The summed E-state index contributed by atoms with van der Waals surface area (Å²) in [4.78, 5) is 41.8. The van der Waals surface area contributed by atoms with Crippen LogP contribution in [-0.2, 0) is 19.9 Å². The number of nitro benzene ring substituents is 3. The molecule has 0 aliphatic heterocycles. The van der Waals surface area contributed by atoms with Crippen LogP contribution in [0.25, 0.3) is 0 Å². The Morgan fingerprint density at radius 3 is 1.71 bits per heavy atom. The van der Waals surface area contributed by atoms with Gasteiger partial charge < -0.3 is 19.5 Å². The van der Waals surface area contributed by atoms with Crippen LogP contribution in [0.1, 0.15) is 11.1 Å². The van der Waals surface area contributed by atoms with Gasteiger partial charge in [-0.2, -0.15) is 0 Å². The lowest BCUT2D eigenvalue weighted by Gasteiger charge is -2.32. The van der Waals surface area contributed by atoms with Gasteiger partial charge >= 0.3 is 5.97 Å². The second-order valence-corrected chi connectivity index (χ2v) is 8.58. The molecule has 0 aromatic heterocycles. The minimum atomic E-state index is -1.46. The predicted octanol–water partition coefficient (Wildman–Crippen LogP) is 1.75. The number of nitrogens with one attached hydrogen (secondary N) is 1. The lowest BCUT2D eigenvalue weighted by molar-refractivity contribution is -0.858. The van der Waals surface area contributed by atoms with Crippen LogP contribution in [0.15, 0.2) is 72.8 Å². The number of hydrogen-bond acceptors (Lipinski definition) is 10. The molecule has 3 aromatic rings. The molecule has 0 unspecified atom stereocenters. The number of benzene rings is 3. The van der Waals surface area contributed by atoms with Crippen molar-refractivity contribution in [3.05, 3.63) is 114 Å². The van der Waals surface area contributed by atoms with Crippen molar-refractivity contribution >= 4 is 23.0 Å². The molecule has 0 saturated carbocycles. The van der Waals surface area contributed by atoms with Crippen LogP contribution in [-0.4, -0.2) is 54.6 Å². The number of rotatable bonds is 11. The summed E-state index contributed by atoms with van der Waals surface area (Å²) in [6, 6.07) is 19.4. The molecule has 0 saturated heterocycles. The SMILES string of the molecule is C#CCOC(C(=O)OCC[NH+](C)C)(c1ccccc1)c1ccccc1.O=[N+]([O-])c1cc([N+](=O)[O-])c([O-])c([N+](=O)[O-])c1. The molecular weight excluding hydrogens is 540 g/mol. The van der Waals surface area contributed by atoms with Gasteiger partial charge in [-0.3, -0.25) is 30.3 Å². The molecule has 214 valence electrons. The number of nitrogens with zero attached hydrogens (tertiary/aromatic N) is 3. The van der Waals surface area contributed by atoms with Gasteiger partial charge in [-0.15, -0.1) is 6.42 Å². The first-order chi connectivity index (χ1) is 19.4. The van der Waals surface area contributed by atoms with Crippen LogP contribution in [0.4, 0.5) is 17.1 Å². The van der Waals surface area contributed by atoms with E-state index >= 15 is 0 Å². The number of esters is 1. The molecule has 0 spiro atoms. The minimum Gasteiger partial charge on any atom is -0.863 e. The smallest absolute Gasteiger partial charge is 0.348 e. The highest BCUT2D eigenvalue weighted by molar-refractivity contribution is 5.86. The summed E-state index contributed by atoms with van der Waals surface area (Å²) in [6.45, 7) is 1.01. The third kappa shape index (κ3) is 8.05. The first-order valence-corrected chi connectivity index (χ1v) is 11.9. The number of terminal acetylenes is 1. The van der Waals surface area contributed by atoms with Gasteiger partial charge in [0.2, 0.25) is 5.60 Å². The lowest BCUT2D eigenvalue weighted by atomic mass is 9.86. The second-order valence-electron chi connectivity index (χ2n) is 8.58. The number of non-ortho nitro benzene ring substituents is 1. The average Bonchev–Trinajstić information content (AvgIpc) is 2.94. The zero-order valence-electron chi connectivity index (χ0n) is 22.1. The predicted molar refractivity (Wildman–Crippen MR) is 143 cm³/mol. The summed E-state index contributed by atoms with van der Waals surface area (Å²) in [5.41, 5.74) is -3.26. The molecule has 41 heavy (non-hydrogen) atoms. The molecule has 0 heterocycles. The van der Waals surface area contributed by atoms with Gasteiger partial charge in [0.1, 0.15) is 19.8 Å². The van der Waals surface area contributed by atoms with Gasteiger partial charge in [0.15, 0.2) is 0 Å². The van der Waals surface area contributed by atoms with E-state index in [1.807, 2.05) is 74.8 Å². The fourth-order valence-electron chi connectivity index (χ4n) is 3.53. The highest BCUT2D eigenvalue weighted by Gasteiger charge is 2.45. The number of carbonyl (C=O) groups excluding carboxylic acids is 1. The summed E-state index contributed by atoms with van der Waals surface area (Å²) in [7, 11) is 4.01. The maximum absolute atomic E-state index is 13.1. The number of carbonyl (C=O) groups is 1. The fraction of sp³-hybridized carbons (Fsp3) is 0.222. The van der Waals surface area contributed by atoms with Crippen LogP contribution < -0.4 is 10.0 Å². The van der Waals surface area contributed by atoms with Crippen molar-refractivity contribution in [3.63, 3.8) is 0 Å². The quantitative estimate of drug-likeness (QED) is 0.155. The van der Waals surface area contributed by atoms with E-state index < -0.39 is 49.2 Å². The summed E-state index contributed by atoms with van der Waals surface area (Å²) in [5.74, 6) is 0.543. The van der Waals surface area contributed by atoms with Gasteiger partial charge in [-0.1, -0.05) is 66.6 Å². The van der Waals surface area contributed by atoms with Crippen LogP contribution in [0, 0.1) is 42.7 Å². The van der Waals surface area contributed by atoms with E-state index in [9.17, 15) is 40.2 Å². The molecule has 0 radical (unpaired) electrons. The van der Waals surface area contributed by atoms with E-state index in [0.717, 1.165) is 0 Å². The van der Waals surface area contributed by atoms with Crippen molar-refractivity contribution in [2.45, 2.75) is 5.60 Å². The summed E-state index contributed by atoms with van der Waals surface area (Å²) in [6.07, 6.45) is 5.40. The van der Waals surface area contributed by atoms with Crippen LogP contribution >= 0.6 is 0 Å².